The molecule has 0 aliphatic carbocycles. The fourth-order valence-electron chi connectivity index (χ4n) is 1.28. The van der Waals surface area contributed by atoms with Crippen molar-refractivity contribution in [1.29, 1.82) is 0 Å². The number of carbonyl (C=O) groups excluding carboxylic acids is 1. The molecule has 1 aromatic rings. The molecule has 1 aromatic carbocycles. The van der Waals surface area contributed by atoms with Crippen LogP contribution in [0.15, 0.2) is 18.2 Å². The largest absolute Gasteiger partial charge is 0.389 e. The molecule has 0 fully saturated rings. The lowest BCUT2D eigenvalue weighted by Crippen LogP contribution is -2.38. The van der Waals surface area contributed by atoms with Gasteiger partial charge in [0.2, 0.25) is 0 Å². The average molecular weight is 273 g/mol. The first-order valence-corrected chi connectivity index (χ1v) is 5.53. The van der Waals surface area contributed by atoms with Crippen molar-refractivity contribution in [2.24, 2.45) is 0 Å². The highest BCUT2D eigenvalue weighted by molar-refractivity contribution is 6.33. The zero-order valence-corrected chi connectivity index (χ0v) is 10.7. The van der Waals surface area contributed by atoms with E-state index in [1.807, 2.05) is 0 Å². The summed E-state index contributed by atoms with van der Waals surface area (Å²) in [5.41, 5.74) is -1.66. The van der Waals surface area contributed by atoms with Crippen LogP contribution in [0, 0.1) is 10.1 Å². The molecule has 98 valence electrons. The number of nitrogens with one attached hydrogen (secondary N) is 1. The number of rotatable bonds is 4. The molecular weight excluding hydrogens is 260 g/mol. The number of amides is 1. The Bertz CT molecular complexity index is 482. The number of hydrogen-bond donors (Lipinski definition) is 2. The second-order valence-electron chi connectivity index (χ2n) is 4.39. The molecule has 1 amide bonds. The van der Waals surface area contributed by atoms with E-state index in [9.17, 15) is 20.0 Å². The van der Waals surface area contributed by atoms with Gasteiger partial charge in [0.25, 0.3) is 5.91 Å². The maximum atomic E-state index is 11.8. The van der Waals surface area contributed by atoms with Gasteiger partial charge in [-0.05, 0) is 26.0 Å². The Morgan fingerprint density at radius 1 is 1.56 bits per heavy atom. The lowest BCUT2D eigenvalue weighted by atomic mass is 10.1. The minimum Gasteiger partial charge on any atom is -0.389 e. The van der Waals surface area contributed by atoms with Gasteiger partial charge in [0.05, 0.1) is 10.5 Å². The minimum atomic E-state index is -1.09. The Labute approximate surface area is 109 Å². The zero-order valence-electron chi connectivity index (χ0n) is 9.94. The molecule has 2 N–H and O–H groups in total. The van der Waals surface area contributed by atoms with E-state index >= 15 is 0 Å². The Morgan fingerprint density at radius 3 is 2.67 bits per heavy atom. The molecule has 0 saturated heterocycles. The Kier molecular flexibility index (Phi) is 4.26. The second kappa shape index (κ2) is 5.32. The zero-order chi connectivity index (χ0) is 13.9. The van der Waals surface area contributed by atoms with Crippen LogP contribution in [-0.2, 0) is 0 Å². The van der Waals surface area contributed by atoms with Crippen molar-refractivity contribution in [2.45, 2.75) is 19.4 Å². The third-order valence-corrected chi connectivity index (χ3v) is 2.40. The fourth-order valence-corrected chi connectivity index (χ4v) is 1.52. The smallest absolute Gasteiger partial charge is 0.300 e. The monoisotopic (exact) mass is 272 g/mol. The molecule has 18 heavy (non-hydrogen) atoms. The van der Waals surface area contributed by atoms with Crippen LogP contribution in [0.1, 0.15) is 24.2 Å². The van der Waals surface area contributed by atoms with Crippen LogP contribution in [-0.4, -0.2) is 28.1 Å². The summed E-state index contributed by atoms with van der Waals surface area (Å²) in [6.07, 6.45) is 0. The third-order valence-electron chi connectivity index (χ3n) is 2.10. The molecule has 0 aliphatic heterocycles. The van der Waals surface area contributed by atoms with Gasteiger partial charge in [0.1, 0.15) is 10.6 Å². The van der Waals surface area contributed by atoms with Gasteiger partial charge in [-0.15, -0.1) is 0 Å². The van der Waals surface area contributed by atoms with E-state index in [0.29, 0.717) is 0 Å². The Hall–Kier alpha value is -1.66. The van der Waals surface area contributed by atoms with Crippen molar-refractivity contribution >= 4 is 23.2 Å². The quantitative estimate of drug-likeness (QED) is 0.645. The summed E-state index contributed by atoms with van der Waals surface area (Å²) >= 11 is 5.69. The summed E-state index contributed by atoms with van der Waals surface area (Å²) in [6.45, 7) is 3.01. The van der Waals surface area contributed by atoms with Gasteiger partial charge >= 0.3 is 5.69 Å². The first kappa shape index (κ1) is 14.4. The topological polar surface area (TPSA) is 92.5 Å². The van der Waals surface area contributed by atoms with Crippen LogP contribution >= 0.6 is 11.6 Å². The molecule has 0 heterocycles. The van der Waals surface area contributed by atoms with Crippen molar-refractivity contribution in [1.82, 2.24) is 5.32 Å². The molecule has 0 atom stereocenters. The van der Waals surface area contributed by atoms with Crippen molar-refractivity contribution in [3.63, 3.8) is 0 Å². The molecule has 0 bridgehead atoms. The van der Waals surface area contributed by atoms with E-state index in [1.54, 1.807) is 0 Å². The van der Waals surface area contributed by atoms with Gasteiger partial charge in [-0.25, -0.2) is 0 Å². The molecule has 0 aromatic heterocycles. The standard InChI is InChI=1S/C11H13ClN2O4/c1-11(2,16)6-13-10(15)7-4-3-5-8(12)9(7)14(17)18/h3-5,16H,6H2,1-2H3,(H,13,15). The van der Waals surface area contributed by atoms with Crippen molar-refractivity contribution in [2.75, 3.05) is 6.54 Å². The van der Waals surface area contributed by atoms with Gasteiger partial charge in [0, 0.05) is 6.54 Å². The number of benzene rings is 1. The van der Waals surface area contributed by atoms with Crippen LogP contribution in [0.25, 0.3) is 0 Å². The van der Waals surface area contributed by atoms with Crippen LogP contribution in [0.2, 0.25) is 5.02 Å². The molecular formula is C11H13ClN2O4. The maximum Gasteiger partial charge on any atom is 0.300 e. The maximum absolute atomic E-state index is 11.8. The number of aliphatic hydroxyl groups is 1. The lowest BCUT2D eigenvalue weighted by Gasteiger charge is -2.17. The number of carbonyl (C=O) groups is 1. The summed E-state index contributed by atoms with van der Waals surface area (Å²) < 4.78 is 0. The first-order chi connectivity index (χ1) is 8.22. The Balaban J connectivity index is 3.00. The predicted molar refractivity (Wildman–Crippen MR) is 66.7 cm³/mol. The Morgan fingerprint density at radius 2 is 2.17 bits per heavy atom. The molecule has 6 nitrogen and oxygen atoms in total. The summed E-state index contributed by atoms with van der Waals surface area (Å²) in [7, 11) is 0. The highest BCUT2D eigenvalue weighted by atomic mass is 35.5. The van der Waals surface area contributed by atoms with E-state index in [0.717, 1.165) is 0 Å². The number of halogens is 1. The van der Waals surface area contributed by atoms with E-state index in [1.165, 1.54) is 32.0 Å². The number of nitro groups is 1. The molecule has 0 saturated carbocycles. The summed E-state index contributed by atoms with van der Waals surface area (Å²) in [5, 5.41) is 22.6. The van der Waals surface area contributed by atoms with Crippen molar-refractivity contribution < 1.29 is 14.8 Å². The number of nitrogens with zero attached hydrogens (tertiary/aromatic N) is 1. The van der Waals surface area contributed by atoms with E-state index < -0.39 is 22.1 Å². The average Bonchev–Trinajstić information content (AvgIpc) is 2.24. The highest BCUT2D eigenvalue weighted by Gasteiger charge is 2.24. The van der Waals surface area contributed by atoms with Crippen LogP contribution in [0.5, 0.6) is 0 Å². The molecule has 1 rings (SSSR count). The van der Waals surface area contributed by atoms with Crippen LogP contribution in [0.4, 0.5) is 5.69 Å². The second-order valence-corrected chi connectivity index (χ2v) is 4.80. The SMILES string of the molecule is CC(C)(O)CNC(=O)c1cccc(Cl)c1[N+](=O)[O-]. The summed E-state index contributed by atoms with van der Waals surface area (Å²) in [5.74, 6) is -0.647. The van der Waals surface area contributed by atoms with Crippen molar-refractivity contribution in [3.8, 4) is 0 Å². The number of para-hydroxylation sites is 1. The van der Waals surface area contributed by atoms with Crippen molar-refractivity contribution in [3.05, 3.63) is 38.9 Å². The van der Waals surface area contributed by atoms with Gasteiger partial charge in [-0.2, -0.15) is 0 Å². The normalized spacial score (nSPS) is 11.1. The van der Waals surface area contributed by atoms with Crippen LogP contribution in [0.3, 0.4) is 0 Å². The molecule has 0 radical (unpaired) electrons. The minimum absolute atomic E-state index is 0.0184. The van der Waals surface area contributed by atoms with E-state index in [2.05, 4.69) is 5.32 Å². The third kappa shape index (κ3) is 3.68. The lowest BCUT2D eigenvalue weighted by molar-refractivity contribution is -0.385. The molecule has 0 spiro atoms. The van der Waals surface area contributed by atoms with Crippen LogP contribution < -0.4 is 5.32 Å². The fraction of sp³-hybridized carbons (Fsp3) is 0.364. The first-order valence-electron chi connectivity index (χ1n) is 5.16. The van der Waals surface area contributed by atoms with E-state index in [-0.39, 0.29) is 17.1 Å². The van der Waals surface area contributed by atoms with Gasteiger partial charge in [-0.1, -0.05) is 17.7 Å². The number of nitro benzene ring substituents is 1. The number of hydrogen-bond acceptors (Lipinski definition) is 4. The molecule has 7 heteroatoms. The summed E-state index contributed by atoms with van der Waals surface area (Å²) in [4.78, 5) is 21.9. The predicted octanol–water partition coefficient (Wildman–Crippen LogP) is 1.75. The van der Waals surface area contributed by atoms with Gasteiger partial charge in [0.15, 0.2) is 0 Å². The molecule has 0 unspecified atom stereocenters. The van der Waals surface area contributed by atoms with E-state index in [4.69, 9.17) is 11.6 Å². The van der Waals surface area contributed by atoms with Gasteiger partial charge in [-0.3, -0.25) is 14.9 Å². The summed E-state index contributed by atoms with van der Waals surface area (Å²) in [6, 6.07) is 4.10. The van der Waals surface area contributed by atoms with Gasteiger partial charge < -0.3 is 10.4 Å². The highest BCUT2D eigenvalue weighted by Crippen LogP contribution is 2.28. The molecule has 0 aliphatic rings.